The summed E-state index contributed by atoms with van der Waals surface area (Å²) in [6.45, 7) is 3.81. The molecule has 2 heterocycles. The maximum atomic E-state index is 6.20. The summed E-state index contributed by atoms with van der Waals surface area (Å²) in [5.41, 5.74) is 3.14. The van der Waals surface area contributed by atoms with E-state index in [1.807, 2.05) is 38.1 Å². The second-order valence-corrected chi connectivity index (χ2v) is 5.41. The van der Waals surface area contributed by atoms with Gasteiger partial charge in [0, 0.05) is 5.69 Å². The molecule has 0 aliphatic heterocycles. The number of nitrogens with zero attached hydrogens (tertiary/aromatic N) is 3. The first-order chi connectivity index (χ1) is 10.1. The van der Waals surface area contributed by atoms with E-state index in [-0.39, 0.29) is 0 Å². The molecule has 6 heteroatoms. The third kappa shape index (κ3) is 2.64. The van der Waals surface area contributed by atoms with Crippen LogP contribution in [-0.4, -0.2) is 15.1 Å². The third-order valence-corrected chi connectivity index (χ3v) is 3.66. The van der Waals surface area contributed by atoms with E-state index in [0.29, 0.717) is 33.0 Å². The van der Waals surface area contributed by atoms with Gasteiger partial charge in [0.1, 0.15) is 5.15 Å². The van der Waals surface area contributed by atoms with Crippen molar-refractivity contribution in [1.82, 2.24) is 15.1 Å². The van der Waals surface area contributed by atoms with Gasteiger partial charge in [0.05, 0.1) is 16.1 Å². The first kappa shape index (κ1) is 14.0. The Morgan fingerprint density at radius 1 is 1.05 bits per heavy atom. The quantitative estimate of drug-likeness (QED) is 0.641. The fourth-order valence-electron chi connectivity index (χ4n) is 2.13. The van der Waals surface area contributed by atoms with E-state index < -0.39 is 0 Å². The molecule has 0 saturated carbocycles. The fraction of sp³-hybridized carbons (Fsp3) is 0.133. The number of aromatic nitrogens is 3. The first-order valence-corrected chi connectivity index (χ1v) is 7.04. The largest absolute Gasteiger partial charge is 0.334 e. The highest BCUT2D eigenvalue weighted by Crippen LogP contribution is 2.31. The summed E-state index contributed by atoms with van der Waals surface area (Å²) in [5, 5.41) is 4.90. The standard InChI is InChI=1S/C15H11Cl2N3O/c1-8-7-9(2)18-13(17)12(8)14-19-15(21-20-14)10-5-3-4-6-11(10)16/h3-7H,1-2H3. The van der Waals surface area contributed by atoms with E-state index in [1.54, 1.807) is 6.07 Å². The molecular weight excluding hydrogens is 309 g/mol. The van der Waals surface area contributed by atoms with Crippen molar-refractivity contribution in [3.05, 3.63) is 51.8 Å². The molecule has 0 fully saturated rings. The van der Waals surface area contributed by atoms with Crippen LogP contribution in [0.1, 0.15) is 11.3 Å². The van der Waals surface area contributed by atoms with Gasteiger partial charge in [-0.15, -0.1) is 0 Å². The highest BCUT2D eigenvalue weighted by atomic mass is 35.5. The molecule has 106 valence electrons. The van der Waals surface area contributed by atoms with E-state index in [9.17, 15) is 0 Å². The molecule has 0 aliphatic carbocycles. The number of halogens is 2. The number of hydrogen-bond acceptors (Lipinski definition) is 4. The van der Waals surface area contributed by atoms with Crippen LogP contribution in [0.2, 0.25) is 10.2 Å². The minimum atomic E-state index is 0.353. The van der Waals surface area contributed by atoms with E-state index in [0.717, 1.165) is 11.3 Å². The van der Waals surface area contributed by atoms with E-state index >= 15 is 0 Å². The molecule has 0 aliphatic rings. The average Bonchev–Trinajstić information content (AvgIpc) is 2.87. The van der Waals surface area contributed by atoms with Crippen LogP contribution < -0.4 is 0 Å². The van der Waals surface area contributed by atoms with Crippen LogP contribution in [0.25, 0.3) is 22.8 Å². The molecule has 2 aromatic heterocycles. The predicted octanol–water partition coefficient (Wildman–Crippen LogP) is 4.72. The Labute approximate surface area is 131 Å². The zero-order chi connectivity index (χ0) is 15.0. The molecule has 0 radical (unpaired) electrons. The lowest BCUT2D eigenvalue weighted by Gasteiger charge is -2.04. The van der Waals surface area contributed by atoms with Gasteiger partial charge < -0.3 is 4.52 Å². The molecule has 0 amide bonds. The van der Waals surface area contributed by atoms with Gasteiger partial charge in [-0.1, -0.05) is 40.5 Å². The monoisotopic (exact) mass is 319 g/mol. The Morgan fingerprint density at radius 2 is 1.81 bits per heavy atom. The van der Waals surface area contributed by atoms with Crippen molar-refractivity contribution < 1.29 is 4.52 Å². The molecule has 0 atom stereocenters. The van der Waals surface area contributed by atoms with Crippen molar-refractivity contribution in [1.29, 1.82) is 0 Å². The average molecular weight is 320 g/mol. The zero-order valence-electron chi connectivity index (χ0n) is 11.4. The Hall–Kier alpha value is -1.91. The molecule has 1 aromatic carbocycles. The summed E-state index contributed by atoms with van der Waals surface area (Å²) in [5.74, 6) is 0.756. The third-order valence-electron chi connectivity index (χ3n) is 3.05. The van der Waals surface area contributed by atoms with Gasteiger partial charge in [-0.3, -0.25) is 0 Å². The highest BCUT2D eigenvalue weighted by Gasteiger charge is 2.17. The van der Waals surface area contributed by atoms with Gasteiger partial charge in [0.2, 0.25) is 5.82 Å². The molecule has 3 rings (SSSR count). The molecule has 0 bridgehead atoms. The van der Waals surface area contributed by atoms with Crippen LogP contribution in [0.4, 0.5) is 0 Å². The maximum Gasteiger partial charge on any atom is 0.259 e. The minimum absolute atomic E-state index is 0.353. The Balaban J connectivity index is 2.10. The topological polar surface area (TPSA) is 51.8 Å². The second kappa shape index (κ2) is 5.47. The number of aryl methyl sites for hydroxylation is 2. The first-order valence-electron chi connectivity index (χ1n) is 6.29. The normalized spacial score (nSPS) is 10.9. The summed E-state index contributed by atoms with van der Waals surface area (Å²) in [6.07, 6.45) is 0. The summed E-state index contributed by atoms with van der Waals surface area (Å²) < 4.78 is 5.29. The van der Waals surface area contributed by atoms with Crippen LogP contribution in [-0.2, 0) is 0 Å². The van der Waals surface area contributed by atoms with Crippen LogP contribution in [0.5, 0.6) is 0 Å². The van der Waals surface area contributed by atoms with E-state index in [2.05, 4.69) is 15.1 Å². The van der Waals surface area contributed by atoms with Crippen LogP contribution in [0.15, 0.2) is 34.9 Å². The number of rotatable bonds is 2. The maximum absolute atomic E-state index is 6.20. The van der Waals surface area contributed by atoms with Gasteiger partial charge in [-0.2, -0.15) is 4.98 Å². The molecule has 0 N–H and O–H groups in total. The lowest BCUT2D eigenvalue weighted by Crippen LogP contribution is -1.93. The minimum Gasteiger partial charge on any atom is -0.334 e. The highest BCUT2D eigenvalue weighted by molar-refractivity contribution is 6.33. The molecular formula is C15H11Cl2N3O. The molecule has 0 unspecified atom stereocenters. The van der Waals surface area contributed by atoms with Gasteiger partial charge in [-0.25, -0.2) is 4.98 Å². The van der Waals surface area contributed by atoms with Crippen molar-refractivity contribution in [3.8, 4) is 22.8 Å². The summed E-state index contributed by atoms with van der Waals surface area (Å²) in [6, 6.07) is 9.21. The summed E-state index contributed by atoms with van der Waals surface area (Å²) >= 11 is 12.3. The SMILES string of the molecule is Cc1cc(C)c(-c2noc(-c3ccccc3Cl)n2)c(Cl)n1. The van der Waals surface area contributed by atoms with Crippen LogP contribution in [0, 0.1) is 13.8 Å². The smallest absolute Gasteiger partial charge is 0.259 e. The second-order valence-electron chi connectivity index (χ2n) is 4.65. The van der Waals surface area contributed by atoms with Crippen molar-refractivity contribution in [2.24, 2.45) is 0 Å². The van der Waals surface area contributed by atoms with Gasteiger partial charge in [0.15, 0.2) is 0 Å². The lowest BCUT2D eigenvalue weighted by atomic mass is 10.1. The van der Waals surface area contributed by atoms with Crippen LogP contribution in [0.3, 0.4) is 0 Å². The Bertz CT molecular complexity index is 791. The van der Waals surface area contributed by atoms with Crippen LogP contribution >= 0.6 is 23.2 Å². The van der Waals surface area contributed by atoms with Gasteiger partial charge in [-0.05, 0) is 37.6 Å². The van der Waals surface area contributed by atoms with Gasteiger partial charge >= 0.3 is 0 Å². The Kier molecular flexibility index (Phi) is 3.66. The fourth-order valence-corrected chi connectivity index (χ4v) is 2.71. The summed E-state index contributed by atoms with van der Waals surface area (Å²) in [4.78, 5) is 8.60. The number of benzene rings is 1. The molecule has 3 aromatic rings. The molecule has 0 saturated heterocycles. The predicted molar refractivity (Wildman–Crippen MR) is 82.5 cm³/mol. The van der Waals surface area contributed by atoms with E-state index in [4.69, 9.17) is 27.7 Å². The molecule has 4 nitrogen and oxygen atoms in total. The van der Waals surface area contributed by atoms with Crippen molar-refractivity contribution in [2.45, 2.75) is 13.8 Å². The number of pyridine rings is 1. The lowest BCUT2D eigenvalue weighted by molar-refractivity contribution is 0.432. The Morgan fingerprint density at radius 3 is 2.52 bits per heavy atom. The summed E-state index contributed by atoms with van der Waals surface area (Å²) in [7, 11) is 0. The molecule has 0 spiro atoms. The molecule has 21 heavy (non-hydrogen) atoms. The van der Waals surface area contributed by atoms with Gasteiger partial charge in [0.25, 0.3) is 5.89 Å². The van der Waals surface area contributed by atoms with Crippen molar-refractivity contribution in [3.63, 3.8) is 0 Å². The van der Waals surface area contributed by atoms with Crippen molar-refractivity contribution in [2.75, 3.05) is 0 Å². The number of hydrogen-bond donors (Lipinski definition) is 0. The van der Waals surface area contributed by atoms with Crippen molar-refractivity contribution >= 4 is 23.2 Å². The zero-order valence-corrected chi connectivity index (χ0v) is 12.9. The van der Waals surface area contributed by atoms with E-state index in [1.165, 1.54) is 0 Å².